The van der Waals surface area contributed by atoms with E-state index in [9.17, 15) is 15.0 Å². The van der Waals surface area contributed by atoms with E-state index in [0.29, 0.717) is 0 Å². The minimum atomic E-state index is -0.981. The minimum absolute atomic E-state index is 0.232. The molecule has 1 unspecified atom stereocenters. The number of para-hydroxylation sites is 1. The Bertz CT molecular complexity index is 618. The molecular weight excluding hydrogens is 268 g/mol. The maximum absolute atomic E-state index is 9.79. The van der Waals surface area contributed by atoms with Crippen LogP contribution in [0.2, 0.25) is 0 Å². The highest BCUT2D eigenvalue weighted by Gasteiger charge is 2.11. The Morgan fingerprint density at radius 2 is 1.57 bits per heavy atom. The van der Waals surface area contributed by atoms with Gasteiger partial charge in [-0.1, -0.05) is 49.0 Å². The average molecular weight is 286 g/mol. The number of benzene rings is 2. The van der Waals surface area contributed by atoms with Crippen molar-refractivity contribution in [1.82, 2.24) is 0 Å². The van der Waals surface area contributed by atoms with Gasteiger partial charge in [0, 0.05) is 11.6 Å². The fourth-order valence-corrected chi connectivity index (χ4v) is 1.81. The summed E-state index contributed by atoms with van der Waals surface area (Å²) in [4.78, 5) is 9.25. The largest absolute Gasteiger partial charge is 0.507 e. The van der Waals surface area contributed by atoms with E-state index in [0.717, 1.165) is 22.8 Å². The monoisotopic (exact) mass is 286 g/mol. The molecule has 3 N–H and O–H groups in total. The van der Waals surface area contributed by atoms with Crippen LogP contribution in [0.3, 0.4) is 0 Å². The van der Waals surface area contributed by atoms with E-state index in [1.165, 1.54) is 0 Å². The number of aliphatic hydroxyl groups excluding tert-OH is 1. The van der Waals surface area contributed by atoms with Crippen LogP contribution in [-0.2, 0) is 4.79 Å². The number of phenols is 1. The lowest BCUT2D eigenvalue weighted by atomic mass is 9.96. The van der Waals surface area contributed by atoms with Crippen LogP contribution < -0.4 is 0 Å². The molecule has 0 bridgehead atoms. The summed E-state index contributed by atoms with van der Waals surface area (Å²) in [7, 11) is 0. The van der Waals surface area contributed by atoms with Gasteiger partial charge in [-0.2, -0.15) is 0 Å². The standard InChI is InChI=1S/C14H14O2.C3H4O2/c1-10(15)11-6-2-3-7-12(11)13-8-4-5-9-14(13)16;1-2-3(4)5/h2-10,15-16H,1H3;2H,1H2,(H,4,5). The molecule has 0 spiro atoms. The molecule has 0 fully saturated rings. The highest BCUT2D eigenvalue weighted by atomic mass is 16.4. The molecule has 0 aliphatic carbocycles. The van der Waals surface area contributed by atoms with Gasteiger partial charge in [-0.25, -0.2) is 4.79 Å². The zero-order valence-corrected chi connectivity index (χ0v) is 11.7. The molecule has 0 saturated heterocycles. The zero-order chi connectivity index (χ0) is 15.8. The van der Waals surface area contributed by atoms with Crippen molar-refractivity contribution < 1.29 is 20.1 Å². The van der Waals surface area contributed by atoms with E-state index < -0.39 is 12.1 Å². The molecule has 4 heteroatoms. The van der Waals surface area contributed by atoms with Crippen molar-refractivity contribution in [3.05, 3.63) is 66.7 Å². The number of aliphatic carboxylic acids is 1. The molecule has 0 aliphatic heterocycles. The number of carbonyl (C=O) groups is 1. The van der Waals surface area contributed by atoms with Crippen LogP contribution in [0.1, 0.15) is 18.6 Å². The first-order valence-corrected chi connectivity index (χ1v) is 6.38. The Kier molecular flexibility index (Phi) is 6.17. The quantitative estimate of drug-likeness (QED) is 0.756. The lowest BCUT2D eigenvalue weighted by molar-refractivity contribution is -0.131. The number of hydrogen-bond donors (Lipinski definition) is 3. The fraction of sp³-hybridized carbons (Fsp3) is 0.118. The number of phenolic OH excluding ortho intramolecular Hbond substituents is 1. The smallest absolute Gasteiger partial charge is 0.327 e. The summed E-state index contributed by atoms with van der Waals surface area (Å²) in [6.45, 7) is 4.68. The summed E-state index contributed by atoms with van der Waals surface area (Å²) in [5, 5.41) is 27.1. The topological polar surface area (TPSA) is 77.8 Å². The highest BCUT2D eigenvalue weighted by molar-refractivity contribution is 5.78. The summed E-state index contributed by atoms with van der Waals surface area (Å²) >= 11 is 0. The molecule has 0 aliphatic rings. The van der Waals surface area contributed by atoms with Crippen molar-refractivity contribution in [3.8, 4) is 16.9 Å². The van der Waals surface area contributed by atoms with Crippen molar-refractivity contribution in [1.29, 1.82) is 0 Å². The van der Waals surface area contributed by atoms with E-state index in [1.807, 2.05) is 36.4 Å². The van der Waals surface area contributed by atoms with Crippen LogP contribution >= 0.6 is 0 Å². The highest BCUT2D eigenvalue weighted by Crippen LogP contribution is 2.33. The normalized spacial score (nSPS) is 11.0. The number of hydrogen-bond acceptors (Lipinski definition) is 3. The first-order valence-electron chi connectivity index (χ1n) is 6.38. The van der Waals surface area contributed by atoms with Gasteiger partial charge < -0.3 is 15.3 Å². The molecule has 2 aromatic rings. The predicted octanol–water partition coefficient (Wildman–Crippen LogP) is 3.37. The summed E-state index contributed by atoms with van der Waals surface area (Å²) in [6, 6.07) is 14.7. The number of aromatic hydroxyl groups is 1. The summed E-state index contributed by atoms with van der Waals surface area (Å²) in [5.41, 5.74) is 2.44. The molecular formula is C17H18O4. The summed E-state index contributed by atoms with van der Waals surface area (Å²) in [5.74, 6) is -0.749. The number of aliphatic hydroxyl groups is 1. The summed E-state index contributed by atoms with van der Waals surface area (Å²) in [6.07, 6.45) is 0.288. The van der Waals surface area contributed by atoms with Crippen LogP contribution in [0.4, 0.5) is 0 Å². The van der Waals surface area contributed by atoms with E-state index in [2.05, 4.69) is 6.58 Å². The third-order valence-corrected chi connectivity index (χ3v) is 2.78. The molecule has 0 amide bonds. The Balaban J connectivity index is 0.000000383. The number of carboxylic acids is 1. The van der Waals surface area contributed by atoms with Gasteiger partial charge in [0.1, 0.15) is 5.75 Å². The van der Waals surface area contributed by atoms with Crippen LogP contribution in [0.25, 0.3) is 11.1 Å². The zero-order valence-electron chi connectivity index (χ0n) is 11.7. The predicted molar refractivity (Wildman–Crippen MR) is 82.0 cm³/mol. The molecule has 21 heavy (non-hydrogen) atoms. The van der Waals surface area contributed by atoms with Gasteiger partial charge in [-0.05, 0) is 24.1 Å². The Labute approximate surface area is 123 Å². The van der Waals surface area contributed by atoms with Crippen molar-refractivity contribution in [2.45, 2.75) is 13.0 Å². The Hall–Kier alpha value is -2.59. The molecule has 4 nitrogen and oxygen atoms in total. The van der Waals surface area contributed by atoms with Crippen LogP contribution in [0.5, 0.6) is 5.75 Å². The maximum Gasteiger partial charge on any atom is 0.327 e. The Morgan fingerprint density at radius 1 is 1.10 bits per heavy atom. The van der Waals surface area contributed by atoms with Gasteiger partial charge in [0.25, 0.3) is 0 Å². The second-order valence-corrected chi connectivity index (χ2v) is 4.32. The summed E-state index contributed by atoms with van der Waals surface area (Å²) < 4.78 is 0. The molecule has 0 radical (unpaired) electrons. The SMILES string of the molecule is C=CC(=O)O.CC(O)c1ccccc1-c1ccccc1O. The first-order chi connectivity index (χ1) is 9.97. The van der Waals surface area contributed by atoms with Gasteiger partial charge in [0.2, 0.25) is 0 Å². The number of rotatable bonds is 3. The van der Waals surface area contributed by atoms with Gasteiger partial charge in [0.15, 0.2) is 0 Å². The number of carboxylic acid groups (broad SMARTS) is 1. The van der Waals surface area contributed by atoms with Crippen molar-refractivity contribution >= 4 is 5.97 Å². The van der Waals surface area contributed by atoms with Gasteiger partial charge in [0.05, 0.1) is 6.10 Å². The second-order valence-electron chi connectivity index (χ2n) is 4.32. The molecule has 110 valence electrons. The minimum Gasteiger partial charge on any atom is -0.507 e. The van der Waals surface area contributed by atoms with Crippen molar-refractivity contribution in [3.63, 3.8) is 0 Å². The van der Waals surface area contributed by atoms with E-state index in [4.69, 9.17) is 5.11 Å². The molecule has 0 saturated carbocycles. The third kappa shape index (κ3) is 4.78. The molecule has 0 aromatic heterocycles. The lowest BCUT2D eigenvalue weighted by Crippen LogP contribution is -1.94. The third-order valence-electron chi connectivity index (χ3n) is 2.78. The molecule has 2 aromatic carbocycles. The average Bonchev–Trinajstić information content (AvgIpc) is 2.48. The molecule has 1 atom stereocenters. The van der Waals surface area contributed by atoms with E-state index >= 15 is 0 Å². The van der Waals surface area contributed by atoms with Crippen LogP contribution in [0, 0.1) is 0 Å². The molecule has 2 rings (SSSR count). The van der Waals surface area contributed by atoms with Crippen molar-refractivity contribution in [2.24, 2.45) is 0 Å². The van der Waals surface area contributed by atoms with Crippen LogP contribution in [-0.4, -0.2) is 21.3 Å². The van der Waals surface area contributed by atoms with E-state index in [1.54, 1.807) is 19.1 Å². The molecule has 0 heterocycles. The second kappa shape index (κ2) is 7.87. The van der Waals surface area contributed by atoms with Gasteiger partial charge in [-0.15, -0.1) is 0 Å². The van der Waals surface area contributed by atoms with Crippen molar-refractivity contribution in [2.75, 3.05) is 0 Å². The lowest BCUT2D eigenvalue weighted by Gasteiger charge is -2.12. The van der Waals surface area contributed by atoms with Gasteiger partial charge >= 0.3 is 5.97 Å². The van der Waals surface area contributed by atoms with Gasteiger partial charge in [-0.3, -0.25) is 0 Å². The maximum atomic E-state index is 9.79. The fourth-order valence-electron chi connectivity index (χ4n) is 1.81. The first kappa shape index (κ1) is 16.5. The van der Waals surface area contributed by atoms with E-state index in [-0.39, 0.29) is 5.75 Å². The van der Waals surface area contributed by atoms with Crippen LogP contribution in [0.15, 0.2) is 61.2 Å². The Morgan fingerprint density at radius 3 is 2.05 bits per heavy atom.